The minimum Gasteiger partial charge on any atom is -0.549 e. The van der Waals surface area contributed by atoms with Crippen LogP contribution < -0.4 is 21.5 Å². The van der Waals surface area contributed by atoms with E-state index in [0.29, 0.717) is 44.4 Å². The number of fused-ring (bicyclic) bond motifs is 1. The molecule has 7 rings (SSSR count). The summed E-state index contributed by atoms with van der Waals surface area (Å²) in [6.07, 6.45) is 12.3. The number of nitrogens with two attached hydrogens (primary N) is 3. The second-order valence-electron chi connectivity index (χ2n) is 19.8. The van der Waals surface area contributed by atoms with Gasteiger partial charge in [-0.05, 0) is 107 Å². The van der Waals surface area contributed by atoms with Crippen LogP contribution in [0.25, 0.3) is 0 Å². The Balaban J connectivity index is 1.11. The lowest BCUT2D eigenvalue weighted by molar-refractivity contribution is -0.754. The number of hydrogen-bond acceptors (Lipinski definition) is 12. The Morgan fingerprint density at radius 1 is 0.914 bits per heavy atom. The van der Waals surface area contributed by atoms with Crippen LogP contribution in [0.2, 0.25) is 0 Å². The van der Waals surface area contributed by atoms with Crippen molar-refractivity contribution in [2.45, 2.75) is 177 Å². The molecule has 0 bridgehead atoms. The van der Waals surface area contributed by atoms with Crippen LogP contribution in [0.3, 0.4) is 0 Å². The summed E-state index contributed by atoms with van der Waals surface area (Å²) in [5.74, 6) is -1.58. The number of allylic oxidation sites excluding steroid dienone is 1. The van der Waals surface area contributed by atoms with Gasteiger partial charge in [0.05, 0.1) is 61.9 Å². The molecule has 0 aromatic heterocycles. The van der Waals surface area contributed by atoms with E-state index in [1.54, 1.807) is 7.11 Å². The van der Waals surface area contributed by atoms with Crippen molar-refractivity contribution in [3.05, 3.63) is 12.2 Å². The number of carbonyl (C=O) groups excluding carboxylic acids is 1. The molecule has 3 saturated carbocycles. The van der Waals surface area contributed by atoms with Crippen molar-refractivity contribution >= 4 is 5.97 Å². The fourth-order valence-electron chi connectivity index (χ4n) is 14.3. The topological polar surface area (TPSA) is 237 Å². The van der Waals surface area contributed by atoms with Crippen LogP contribution in [0.1, 0.15) is 110 Å². The number of carboxylic acids is 1. The predicted molar refractivity (Wildman–Crippen MR) is 210 cm³/mol. The maximum absolute atomic E-state index is 13.3. The van der Waals surface area contributed by atoms with E-state index < -0.39 is 54.6 Å². The fraction of sp³-hybridized carbons (Fsp3) is 0.932. The van der Waals surface area contributed by atoms with Gasteiger partial charge in [0.2, 0.25) is 0 Å². The van der Waals surface area contributed by atoms with Gasteiger partial charge in [-0.25, -0.2) is 0 Å². The Hall–Kier alpha value is -1.27. The van der Waals surface area contributed by atoms with Crippen molar-refractivity contribution in [3.63, 3.8) is 0 Å². The molecule has 0 amide bonds. The number of hydrogen-bond donors (Lipinski definition) is 8. The van der Waals surface area contributed by atoms with Crippen LogP contribution in [0.4, 0.5) is 0 Å². The van der Waals surface area contributed by atoms with E-state index in [-0.39, 0.29) is 78.9 Å². The lowest BCUT2D eigenvalue weighted by Crippen LogP contribution is -3.03. The molecule has 7 aliphatic rings. The molecule has 9 unspecified atom stereocenters. The normalized spacial score (nSPS) is 46.9. The highest BCUT2D eigenvalue weighted by Gasteiger charge is 2.70. The average molecular weight is 823 g/mol. The number of ether oxygens (including phenoxy) is 4. The van der Waals surface area contributed by atoms with E-state index in [4.69, 9.17) is 24.7 Å². The number of piperidine rings is 2. The van der Waals surface area contributed by atoms with Gasteiger partial charge in [0.25, 0.3) is 0 Å². The maximum atomic E-state index is 13.3. The summed E-state index contributed by atoms with van der Waals surface area (Å²) in [7, 11) is 1.60. The van der Waals surface area contributed by atoms with Gasteiger partial charge in [-0.2, -0.15) is 0 Å². The third kappa shape index (κ3) is 8.83. The Labute approximate surface area is 345 Å². The van der Waals surface area contributed by atoms with E-state index in [2.05, 4.69) is 23.6 Å². The number of carboxylic acid groups (broad SMARTS) is 1. The van der Waals surface area contributed by atoms with Gasteiger partial charge < -0.3 is 65.0 Å². The van der Waals surface area contributed by atoms with Gasteiger partial charge in [-0.1, -0.05) is 25.0 Å². The zero-order chi connectivity index (χ0) is 41.2. The van der Waals surface area contributed by atoms with Crippen molar-refractivity contribution in [3.8, 4) is 0 Å². The van der Waals surface area contributed by atoms with E-state index in [1.165, 1.54) is 0 Å². The summed E-state index contributed by atoms with van der Waals surface area (Å²) in [5, 5.41) is 71.1. The second-order valence-corrected chi connectivity index (χ2v) is 19.8. The smallest absolute Gasteiger partial charge is 0.144 e. The zero-order valence-corrected chi connectivity index (χ0v) is 35.0. The van der Waals surface area contributed by atoms with Crippen LogP contribution in [0, 0.1) is 46.3 Å². The Bertz CT molecular complexity index is 1370. The van der Waals surface area contributed by atoms with Crippen molar-refractivity contribution in [2.75, 3.05) is 33.7 Å². The van der Waals surface area contributed by atoms with Crippen LogP contribution in [0.5, 0.6) is 0 Å². The first-order chi connectivity index (χ1) is 27.9. The predicted octanol–water partition coefficient (Wildman–Crippen LogP) is -0.968. The van der Waals surface area contributed by atoms with E-state index >= 15 is 0 Å². The molecular formula is C44H76N3O11+. The molecule has 14 heteroatoms. The molecule has 18 atom stereocenters. The third-order valence-corrected chi connectivity index (χ3v) is 16.7. The first kappa shape index (κ1) is 44.8. The molecule has 58 heavy (non-hydrogen) atoms. The number of quaternary nitrogens is 2. The highest BCUT2D eigenvalue weighted by molar-refractivity contribution is 5.73. The van der Waals surface area contributed by atoms with Crippen molar-refractivity contribution in [1.82, 2.24) is 0 Å². The summed E-state index contributed by atoms with van der Waals surface area (Å²) < 4.78 is 25.2. The van der Waals surface area contributed by atoms with Crippen LogP contribution in [-0.4, -0.2) is 132 Å². The molecular weight excluding hydrogens is 746 g/mol. The lowest BCUT2D eigenvalue weighted by atomic mass is 9.45. The minimum absolute atomic E-state index is 0.0119. The zero-order valence-electron chi connectivity index (χ0n) is 35.0. The highest BCUT2D eigenvalue weighted by Crippen LogP contribution is 2.67. The molecule has 14 nitrogen and oxygen atoms in total. The Morgan fingerprint density at radius 3 is 2.40 bits per heavy atom. The minimum atomic E-state index is -1.02. The third-order valence-electron chi connectivity index (χ3n) is 16.7. The molecule has 3 heterocycles. The van der Waals surface area contributed by atoms with Crippen molar-refractivity contribution < 1.29 is 65.0 Å². The number of aliphatic carboxylic acids is 1. The molecule has 3 saturated heterocycles. The van der Waals surface area contributed by atoms with E-state index in [9.17, 15) is 35.4 Å². The molecule has 2 spiro atoms. The first-order valence-corrected chi connectivity index (χ1v) is 22.9. The SMILES string of the molecule is COC1CC([C@@H]2O[C@@H](CCC3CCC(O)C(OCO)C3)C[C@H](O)[C@H]2CCO)CC(OC[C@@H]2[NH2+][C@@H](C)CC3(CCCC3)[C@@]23[C@@H](C(=O)[O-])C=C[C@@H]3C2CC[NH2+]C(N)C2)C1O. The summed E-state index contributed by atoms with van der Waals surface area (Å²) in [5.41, 5.74) is 5.76. The molecule has 3 aliphatic heterocycles. The summed E-state index contributed by atoms with van der Waals surface area (Å²) in [4.78, 5) is 13.3. The largest absolute Gasteiger partial charge is 0.549 e. The molecule has 6 fully saturated rings. The van der Waals surface area contributed by atoms with Gasteiger partial charge in [-0.15, -0.1) is 0 Å². The van der Waals surface area contributed by atoms with Crippen LogP contribution in [-0.2, 0) is 23.7 Å². The molecule has 0 aromatic rings. The molecule has 0 radical (unpaired) electrons. The van der Waals surface area contributed by atoms with E-state index in [1.807, 2.05) is 6.08 Å². The standard InChI is InChI=1S/C44H75N3O11/c1-25-22-43(13-3-4-14-43)44(31(8-9-32(44)42(53)54)27-11-15-46-39(45)20-27)38(47-25)23-56-37-19-28(18-36(55-2)40(37)52)41-30(12-16-48)34(51)21-29(58-41)7-5-26-6-10-33(50)35(17-26)57-24-49/h8-9,25-41,46-52H,3-7,10-24,45H2,1-2H3,(H,53,54)/p+1/t25-,26?,27?,28?,29-,30+,31+,32+,33?,34-,35?,36?,37?,38-,39?,40?,41-,44-/m0/s1. The van der Waals surface area contributed by atoms with Gasteiger partial charge in [0.1, 0.15) is 25.1 Å². The van der Waals surface area contributed by atoms with Crippen molar-refractivity contribution in [1.29, 1.82) is 0 Å². The summed E-state index contributed by atoms with van der Waals surface area (Å²) in [6, 6.07) is 0.0919. The molecule has 332 valence electrons. The Kier molecular flexibility index (Phi) is 15.0. The second kappa shape index (κ2) is 19.4. The summed E-state index contributed by atoms with van der Waals surface area (Å²) in [6.45, 7) is 2.95. The highest BCUT2D eigenvalue weighted by atomic mass is 16.6. The van der Waals surface area contributed by atoms with Crippen LogP contribution in [0.15, 0.2) is 12.2 Å². The maximum Gasteiger partial charge on any atom is 0.144 e. The van der Waals surface area contributed by atoms with Crippen LogP contribution >= 0.6 is 0 Å². The molecule has 0 aromatic carbocycles. The quantitative estimate of drug-likeness (QED) is 0.0781. The fourth-order valence-corrected chi connectivity index (χ4v) is 14.3. The molecule has 11 N–H and O–H groups in total. The van der Waals surface area contributed by atoms with Gasteiger partial charge in [0.15, 0.2) is 0 Å². The average Bonchev–Trinajstić information content (AvgIpc) is 3.84. The first-order valence-electron chi connectivity index (χ1n) is 22.9. The lowest BCUT2D eigenvalue weighted by Gasteiger charge is -2.61. The number of methoxy groups -OCH3 is 1. The number of rotatable bonds is 14. The number of aliphatic hydroxyl groups excluding tert-OH is 5. The summed E-state index contributed by atoms with van der Waals surface area (Å²) >= 11 is 0. The van der Waals surface area contributed by atoms with Gasteiger partial charge in [-0.3, -0.25) is 5.73 Å². The number of carbonyl (C=O) groups is 1. The number of aliphatic hydroxyl groups is 5. The molecule has 4 aliphatic carbocycles. The van der Waals surface area contributed by atoms with E-state index in [0.717, 1.165) is 70.8 Å². The Morgan fingerprint density at radius 2 is 1.69 bits per heavy atom. The van der Waals surface area contributed by atoms with Gasteiger partial charge >= 0.3 is 0 Å². The van der Waals surface area contributed by atoms with Crippen molar-refractivity contribution in [2.24, 2.45) is 52.1 Å². The monoisotopic (exact) mass is 823 g/mol. The van der Waals surface area contributed by atoms with Gasteiger partial charge in [0, 0.05) is 56.2 Å².